The minimum atomic E-state index is -0.245. The number of fused-ring (bicyclic) bond motifs is 1. The van der Waals surface area contributed by atoms with Gasteiger partial charge in [0.25, 0.3) is 5.56 Å². The van der Waals surface area contributed by atoms with E-state index in [1.807, 2.05) is 60.7 Å². The lowest BCUT2D eigenvalue weighted by molar-refractivity contribution is -0.121. The highest BCUT2D eigenvalue weighted by Crippen LogP contribution is 2.12. The maximum atomic E-state index is 12.5. The molecule has 1 N–H and O–H groups in total. The van der Waals surface area contributed by atoms with Gasteiger partial charge in [-0.2, -0.15) is 0 Å². The van der Waals surface area contributed by atoms with Gasteiger partial charge in [-0.3, -0.25) is 14.2 Å². The van der Waals surface area contributed by atoms with Crippen molar-refractivity contribution in [3.63, 3.8) is 0 Å². The number of benzene rings is 3. The Kier molecular flexibility index (Phi) is 5.85. The van der Waals surface area contributed by atoms with E-state index in [9.17, 15) is 9.59 Å². The molecule has 0 aliphatic rings. The number of rotatable bonds is 7. The molecule has 0 fully saturated rings. The predicted molar refractivity (Wildman–Crippen MR) is 115 cm³/mol. The highest BCUT2D eigenvalue weighted by atomic mass is 16.5. The molecule has 0 bridgehead atoms. The molecule has 150 valence electrons. The first-order chi connectivity index (χ1) is 14.7. The Hall–Kier alpha value is -3.93. The zero-order chi connectivity index (χ0) is 20.8. The molecule has 6 heteroatoms. The third-order valence-electron chi connectivity index (χ3n) is 4.71. The van der Waals surface area contributed by atoms with E-state index in [4.69, 9.17) is 4.74 Å². The van der Waals surface area contributed by atoms with E-state index in [0.29, 0.717) is 24.1 Å². The topological polar surface area (TPSA) is 73.2 Å². The first-order valence-electron chi connectivity index (χ1n) is 9.65. The first kappa shape index (κ1) is 19.4. The largest absolute Gasteiger partial charge is 0.489 e. The molecule has 0 radical (unpaired) electrons. The number of carbonyl (C=O) groups excluding carboxylic acids is 1. The van der Waals surface area contributed by atoms with Gasteiger partial charge in [-0.15, -0.1) is 0 Å². The van der Waals surface area contributed by atoms with E-state index in [2.05, 4.69) is 10.3 Å². The molecular weight excluding hydrogens is 378 g/mol. The van der Waals surface area contributed by atoms with Gasteiger partial charge in [0.15, 0.2) is 0 Å². The first-order valence-corrected chi connectivity index (χ1v) is 9.65. The van der Waals surface area contributed by atoms with Crippen molar-refractivity contribution < 1.29 is 9.53 Å². The SMILES string of the molecule is O=C(Cn1cnc2ccccc2c1=O)NCc1ccc(COc2ccccc2)cc1. The smallest absolute Gasteiger partial charge is 0.261 e. The van der Waals surface area contributed by atoms with Crippen LogP contribution in [0.25, 0.3) is 10.9 Å². The van der Waals surface area contributed by atoms with Crippen LogP contribution in [0.3, 0.4) is 0 Å². The van der Waals surface area contributed by atoms with E-state index < -0.39 is 0 Å². The van der Waals surface area contributed by atoms with Crippen molar-refractivity contribution in [2.24, 2.45) is 0 Å². The molecule has 0 saturated heterocycles. The van der Waals surface area contributed by atoms with Crippen LogP contribution in [0.2, 0.25) is 0 Å². The molecule has 0 spiro atoms. The molecule has 1 heterocycles. The van der Waals surface area contributed by atoms with Crippen molar-refractivity contribution in [1.82, 2.24) is 14.9 Å². The van der Waals surface area contributed by atoms with E-state index in [1.165, 1.54) is 10.9 Å². The zero-order valence-electron chi connectivity index (χ0n) is 16.3. The van der Waals surface area contributed by atoms with Gasteiger partial charge in [0.2, 0.25) is 5.91 Å². The molecule has 1 aromatic heterocycles. The third-order valence-corrected chi connectivity index (χ3v) is 4.71. The van der Waals surface area contributed by atoms with Crippen LogP contribution in [0, 0.1) is 0 Å². The fourth-order valence-corrected chi connectivity index (χ4v) is 3.07. The second kappa shape index (κ2) is 9.05. The summed E-state index contributed by atoms with van der Waals surface area (Å²) in [4.78, 5) is 29.0. The van der Waals surface area contributed by atoms with E-state index >= 15 is 0 Å². The number of para-hydroxylation sites is 2. The van der Waals surface area contributed by atoms with Crippen LogP contribution < -0.4 is 15.6 Å². The minimum Gasteiger partial charge on any atom is -0.489 e. The fourth-order valence-electron chi connectivity index (χ4n) is 3.07. The summed E-state index contributed by atoms with van der Waals surface area (Å²) < 4.78 is 7.05. The van der Waals surface area contributed by atoms with E-state index in [1.54, 1.807) is 18.2 Å². The van der Waals surface area contributed by atoms with Gasteiger partial charge in [-0.1, -0.05) is 54.6 Å². The molecule has 30 heavy (non-hydrogen) atoms. The van der Waals surface area contributed by atoms with Crippen molar-refractivity contribution in [3.8, 4) is 5.75 Å². The molecule has 4 rings (SSSR count). The summed E-state index contributed by atoms with van der Waals surface area (Å²) in [7, 11) is 0. The van der Waals surface area contributed by atoms with Gasteiger partial charge in [0, 0.05) is 6.54 Å². The molecule has 0 saturated carbocycles. The van der Waals surface area contributed by atoms with Crippen LogP contribution in [-0.4, -0.2) is 15.5 Å². The number of nitrogens with one attached hydrogen (secondary N) is 1. The van der Waals surface area contributed by atoms with Crippen molar-refractivity contribution in [2.45, 2.75) is 19.7 Å². The Labute approximate surface area is 173 Å². The van der Waals surface area contributed by atoms with Gasteiger partial charge in [0.1, 0.15) is 18.9 Å². The van der Waals surface area contributed by atoms with Gasteiger partial charge in [-0.05, 0) is 35.4 Å². The Morgan fingerprint density at radius 2 is 1.60 bits per heavy atom. The quantitative estimate of drug-likeness (QED) is 0.518. The molecule has 0 aliphatic heterocycles. The van der Waals surface area contributed by atoms with E-state index in [-0.39, 0.29) is 18.0 Å². The van der Waals surface area contributed by atoms with E-state index in [0.717, 1.165) is 16.9 Å². The minimum absolute atomic E-state index is 0.0698. The Morgan fingerprint density at radius 3 is 2.40 bits per heavy atom. The third kappa shape index (κ3) is 4.72. The van der Waals surface area contributed by atoms with Crippen molar-refractivity contribution in [1.29, 1.82) is 0 Å². The Bertz CT molecular complexity index is 1200. The van der Waals surface area contributed by atoms with Crippen LogP contribution in [-0.2, 0) is 24.5 Å². The maximum Gasteiger partial charge on any atom is 0.261 e. The lowest BCUT2D eigenvalue weighted by atomic mass is 10.1. The molecular formula is C24H21N3O3. The molecule has 3 aromatic carbocycles. The number of hydrogen-bond acceptors (Lipinski definition) is 4. The lowest BCUT2D eigenvalue weighted by Gasteiger charge is -2.09. The van der Waals surface area contributed by atoms with Crippen LogP contribution in [0.4, 0.5) is 0 Å². The highest BCUT2D eigenvalue weighted by molar-refractivity contribution is 5.78. The second-order valence-corrected chi connectivity index (χ2v) is 6.89. The number of aromatic nitrogens is 2. The second-order valence-electron chi connectivity index (χ2n) is 6.89. The van der Waals surface area contributed by atoms with Crippen LogP contribution in [0.1, 0.15) is 11.1 Å². The summed E-state index contributed by atoms with van der Waals surface area (Å²) in [5, 5.41) is 3.34. The summed E-state index contributed by atoms with van der Waals surface area (Å²) in [5.74, 6) is 0.581. The summed E-state index contributed by atoms with van der Waals surface area (Å²) in [6.45, 7) is 0.794. The lowest BCUT2D eigenvalue weighted by Crippen LogP contribution is -2.32. The molecule has 0 unspecified atom stereocenters. The van der Waals surface area contributed by atoms with Crippen molar-refractivity contribution in [2.75, 3.05) is 0 Å². The fraction of sp³-hybridized carbons (Fsp3) is 0.125. The van der Waals surface area contributed by atoms with Gasteiger partial charge >= 0.3 is 0 Å². The van der Waals surface area contributed by atoms with Crippen LogP contribution in [0.15, 0.2) is 90.0 Å². The molecule has 6 nitrogen and oxygen atoms in total. The highest BCUT2D eigenvalue weighted by Gasteiger charge is 2.08. The molecule has 0 atom stereocenters. The van der Waals surface area contributed by atoms with Crippen molar-refractivity contribution >= 4 is 16.8 Å². The summed E-state index contributed by atoms with van der Waals surface area (Å²) >= 11 is 0. The normalized spacial score (nSPS) is 10.7. The molecule has 4 aromatic rings. The number of carbonyl (C=O) groups is 1. The predicted octanol–water partition coefficient (Wildman–Crippen LogP) is 3.29. The number of amides is 1. The Morgan fingerprint density at radius 1 is 0.900 bits per heavy atom. The van der Waals surface area contributed by atoms with Gasteiger partial charge < -0.3 is 10.1 Å². The summed E-state index contributed by atoms with van der Waals surface area (Å²) in [5.41, 5.74) is 2.41. The monoisotopic (exact) mass is 399 g/mol. The number of hydrogen-bond donors (Lipinski definition) is 1. The van der Waals surface area contributed by atoms with Gasteiger partial charge in [0.05, 0.1) is 17.2 Å². The summed E-state index contributed by atoms with van der Waals surface area (Å²) in [6.07, 6.45) is 1.41. The maximum absolute atomic E-state index is 12.5. The number of nitrogens with zero attached hydrogens (tertiary/aromatic N) is 2. The Balaban J connectivity index is 1.31. The van der Waals surface area contributed by atoms with Gasteiger partial charge in [-0.25, -0.2) is 4.98 Å². The standard InChI is InChI=1S/C24H21N3O3/c28-23(15-27-17-26-22-9-5-4-8-21(22)24(27)29)25-14-18-10-12-19(13-11-18)16-30-20-6-2-1-3-7-20/h1-13,17H,14-16H2,(H,25,28). The number of ether oxygens (including phenoxy) is 1. The van der Waals surface area contributed by atoms with Crippen LogP contribution >= 0.6 is 0 Å². The molecule has 0 aliphatic carbocycles. The van der Waals surface area contributed by atoms with Crippen LogP contribution in [0.5, 0.6) is 5.75 Å². The van der Waals surface area contributed by atoms with Crippen molar-refractivity contribution in [3.05, 3.63) is 107 Å². The molecule has 1 amide bonds. The summed E-state index contributed by atoms with van der Waals surface area (Å²) in [6, 6.07) is 24.6. The average molecular weight is 399 g/mol. The average Bonchev–Trinajstić information content (AvgIpc) is 2.80. The zero-order valence-corrected chi connectivity index (χ0v) is 16.3.